The molecule has 1 heterocycles. The Kier molecular flexibility index (Phi) is 8.43. The number of hydrogen-bond acceptors (Lipinski definition) is 5. The number of rotatable bonds is 9. The number of methoxy groups -OCH3 is 1. The Morgan fingerprint density at radius 1 is 1.16 bits per heavy atom. The van der Waals surface area contributed by atoms with Gasteiger partial charge in [0.2, 0.25) is 0 Å². The number of aryl methyl sites for hydroxylation is 1. The number of nitrogens with one attached hydrogen (secondary N) is 1. The number of amides is 1. The lowest BCUT2D eigenvalue weighted by molar-refractivity contribution is 0.0947. The van der Waals surface area contributed by atoms with Gasteiger partial charge in [0.05, 0.1) is 18.7 Å². The first-order valence-corrected chi connectivity index (χ1v) is 11.2. The van der Waals surface area contributed by atoms with Crippen LogP contribution in [0, 0.1) is 6.92 Å². The summed E-state index contributed by atoms with van der Waals surface area (Å²) in [7, 11) is 1.54. The maximum atomic E-state index is 12.6. The van der Waals surface area contributed by atoms with Crippen LogP contribution in [-0.2, 0) is 0 Å². The van der Waals surface area contributed by atoms with Gasteiger partial charge in [-0.3, -0.25) is 9.69 Å². The summed E-state index contributed by atoms with van der Waals surface area (Å²) < 4.78 is 11.0. The minimum Gasteiger partial charge on any atom is -0.493 e. The largest absolute Gasteiger partial charge is 0.493 e. The monoisotopic (exact) mass is 445 g/mol. The SMILES string of the molecule is CCCOc1c(Cl)cc(C(=O)NCCN2CCN(c3cccc(C)c3)CC2)cc1OC. The molecule has 0 unspecified atom stereocenters. The van der Waals surface area contributed by atoms with Crippen LogP contribution in [0.4, 0.5) is 5.69 Å². The van der Waals surface area contributed by atoms with E-state index in [0.29, 0.717) is 35.2 Å². The summed E-state index contributed by atoms with van der Waals surface area (Å²) in [6, 6.07) is 11.9. The number of nitrogens with zero attached hydrogens (tertiary/aromatic N) is 2. The molecule has 1 aliphatic heterocycles. The van der Waals surface area contributed by atoms with Crippen LogP contribution in [0.15, 0.2) is 36.4 Å². The van der Waals surface area contributed by atoms with Crippen molar-refractivity contribution in [1.29, 1.82) is 0 Å². The third-order valence-corrected chi connectivity index (χ3v) is 5.68. The van der Waals surface area contributed by atoms with Crippen LogP contribution in [0.25, 0.3) is 0 Å². The van der Waals surface area contributed by atoms with Crippen LogP contribution in [-0.4, -0.2) is 63.8 Å². The van der Waals surface area contributed by atoms with Crippen LogP contribution < -0.4 is 19.7 Å². The number of piperazine rings is 1. The fourth-order valence-electron chi connectivity index (χ4n) is 3.68. The molecule has 0 atom stereocenters. The van der Waals surface area contributed by atoms with Crippen molar-refractivity contribution in [1.82, 2.24) is 10.2 Å². The normalized spacial score (nSPS) is 14.4. The van der Waals surface area contributed by atoms with Crippen molar-refractivity contribution in [2.24, 2.45) is 0 Å². The van der Waals surface area contributed by atoms with Crippen molar-refractivity contribution in [3.05, 3.63) is 52.5 Å². The highest BCUT2D eigenvalue weighted by atomic mass is 35.5. The first-order chi connectivity index (χ1) is 15.0. The second-order valence-corrected chi connectivity index (χ2v) is 8.17. The molecule has 168 valence electrons. The zero-order valence-corrected chi connectivity index (χ0v) is 19.4. The Morgan fingerprint density at radius 3 is 2.61 bits per heavy atom. The zero-order chi connectivity index (χ0) is 22.2. The lowest BCUT2D eigenvalue weighted by Crippen LogP contribution is -2.48. The average molecular weight is 446 g/mol. The molecule has 1 N–H and O–H groups in total. The molecule has 0 aromatic heterocycles. The van der Waals surface area contributed by atoms with Crippen LogP contribution in [0.3, 0.4) is 0 Å². The van der Waals surface area contributed by atoms with E-state index in [-0.39, 0.29) is 5.91 Å². The van der Waals surface area contributed by atoms with E-state index in [0.717, 1.165) is 39.1 Å². The van der Waals surface area contributed by atoms with Gasteiger partial charge in [-0.2, -0.15) is 0 Å². The summed E-state index contributed by atoms with van der Waals surface area (Å²) in [5.41, 5.74) is 3.03. The molecule has 0 aliphatic carbocycles. The topological polar surface area (TPSA) is 54.0 Å². The quantitative estimate of drug-likeness (QED) is 0.632. The van der Waals surface area contributed by atoms with Crippen molar-refractivity contribution in [2.75, 3.05) is 57.9 Å². The first kappa shape index (κ1) is 23.2. The maximum absolute atomic E-state index is 12.6. The summed E-state index contributed by atoms with van der Waals surface area (Å²) >= 11 is 6.32. The fraction of sp³-hybridized carbons (Fsp3) is 0.458. The van der Waals surface area contributed by atoms with E-state index in [2.05, 4.69) is 46.3 Å². The van der Waals surface area contributed by atoms with E-state index in [4.69, 9.17) is 21.1 Å². The highest BCUT2D eigenvalue weighted by Gasteiger charge is 2.18. The molecule has 1 saturated heterocycles. The lowest BCUT2D eigenvalue weighted by Gasteiger charge is -2.36. The number of halogens is 1. The zero-order valence-electron chi connectivity index (χ0n) is 18.6. The van der Waals surface area contributed by atoms with Gasteiger partial charge >= 0.3 is 0 Å². The van der Waals surface area contributed by atoms with E-state index >= 15 is 0 Å². The predicted octanol–water partition coefficient (Wildman–Crippen LogP) is 4.00. The lowest BCUT2D eigenvalue weighted by atomic mass is 10.2. The Hall–Kier alpha value is -2.44. The summed E-state index contributed by atoms with van der Waals surface area (Å²) in [6.45, 7) is 10.0. The highest BCUT2D eigenvalue weighted by molar-refractivity contribution is 6.32. The van der Waals surface area contributed by atoms with E-state index in [1.807, 2.05) is 6.92 Å². The molecule has 1 aliphatic rings. The Bertz CT molecular complexity index is 882. The average Bonchev–Trinajstić information content (AvgIpc) is 2.78. The summed E-state index contributed by atoms with van der Waals surface area (Å²) in [5, 5.41) is 3.37. The molecule has 1 fully saturated rings. The maximum Gasteiger partial charge on any atom is 0.251 e. The Labute approximate surface area is 190 Å². The molecule has 0 saturated carbocycles. The smallest absolute Gasteiger partial charge is 0.251 e. The van der Waals surface area contributed by atoms with E-state index in [9.17, 15) is 4.79 Å². The predicted molar refractivity (Wildman–Crippen MR) is 126 cm³/mol. The van der Waals surface area contributed by atoms with Crippen LogP contribution in [0.2, 0.25) is 5.02 Å². The number of ether oxygens (including phenoxy) is 2. The number of carbonyl (C=O) groups excluding carboxylic acids is 1. The molecule has 7 heteroatoms. The van der Waals surface area contributed by atoms with Crippen molar-refractivity contribution in [2.45, 2.75) is 20.3 Å². The van der Waals surface area contributed by atoms with Gasteiger partial charge in [-0.25, -0.2) is 0 Å². The van der Waals surface area contributed by atoms with Gasteiger partial charge < -0.3 is 19.7 Å². The fourth-order valence-corrected chi connectivity index (χ4v) is 3.94. The van der Waals surface area contributed by atoms with Crippen LogP contribution >= 0.6 is 11.6 Å². The van der Waals surface area contributed by atoms with E-state index in [1.165, 1.54) is 11.3 Å². The molecule has 0 bridgehead atoms. The van der Waals surface area contributed by atoms with Gasteiger partial charge in [-0.05, 0) is 43.2 Å². The minimum atomic E-state index is -0.166. The van der Waals surface area contributed by atoms with Crippen LogP contribution in [0.1, 0.15) is 29.3 Å². The van der Waals surface area contributed by atoms with Gasteiger partial charge in [0.1, 0.15) is 0 Å². The van der Waals surface area contributed by atoms with Crippen molar-refractivity contribution >= 4 is 23.2 Å². The van der Waals surface area contributed by atoms with Crippen LogP contribution in [0.5, 0.6) is 11.5 Å². The van der Waals surface area contributed by atoms with Crippen molar-refractivity contribution in [3.63, 3.8) is 0 Å². The third kappa shape index (κ3) is 6.28. The summed E-state index contributed by atoms with van der Waals surface area (Å²) in [4.78, 5) is 17.4. The molecule has 2 aromatic rings. The third-order valence-electron chi connectivity index (χ3n) is 5.39. The second kappa shape index (κ2) is 11.3. The molecule has 31 heavy (non-hydrogen) atoms. The number of anilines is 1. The molecule has 0 radical (unpaired) electrons. The Morgan fingerprint density at radius 2 is 1.94 bits per heavy atom. The highest BCUT2D eigenvalue weighted by Crippen LogP contribution is 2.36. The van der Waals surface area contributed by atoms with Gasteiger partial charge in [0.25, 0.3) is 5.91 Å². The summed E-state index contributed by atoms with van der Waals surface area (Å²) in [6.07, 6.45) is 0.862. The van der Waals surface area contributed by atoms with Gasteiger partial charge in [0.15, 0.2) is 11.5 Å². The molecule has 3 rings (SSSR count). The van der Waals surface area contributed by atoms with Gasteiger partial charge in [-0.1, -0.05) is 30.7 Å². The minimum absolute atomic E-state index is 0.166. The van der Waals surface area contributed by atoms with E-state index in [1.54, 1.807) is 19.2 Å². The molecule has 2 aromatic carbocycles. The van der Waals surface area contributed by atoms with Gasteiger partial charge in [-0.15, -0.1) is 0 Å². The number of benzene rings is 2. The van der Waals surface area contributed by atoms with E-state index < -0.39 is 0 Å². The number of carbonyl (C=O) groups is 1. The number of hydrogen-bond donors (Lipinski definition) is 1. The molecular weight excluding hydrogens is 414 g/mol. The second-order valence-electron chi connectivity index (χ2n) is 7.76. The summed E-state index contributed by atoms with van der Waals surface area (Å²) in [5.74, 6) is 0.785. The standard InChI is InChI=1S/C24H32ClN3O3/c1-4-14-31-23-21(25)16-19(17-22(23)30-3)24(29)26-8-9-27-10-12-28(13-11-27)20-7-5-6-18(2)15-20/h5-7,15-17H,4,8-14H2,1-3H3,(H,26,29). The van der Waals surface area contributed by atoms with Gasteiger partial charge in [0, 0.05) is 50.5 Å². The molecular formula is C24H32ClN3O3. The van der Waals surface area contributed by atoms with Crippen molar-refractivity contribution < 1.29 is 14.3 Å². The molecule has 6 nitrogen and oxygen atoms in total. The molecule has 0 spiro atoms. The first-order valence-electron chi connectivity index (χ1n) is 10.8. The molecule has 1 amide bonds. The Balaban J connectivity index is 1.48. The van der Waals surface area contributed by atoms with Crippen molar-refractivity contribution in [3.8, 4) is 11.5 Å².